The Morgan fingerprint density at radius 1 is 1.04 bits per heavy atom. The van der Waals surface area contributed by atoms with E-state index < -0.39 is 24.0 Å². The first-order valence-electron chi connectivity index (χ1n) is 9.10. The summed E-state index contributed by atoms with van der Waals surface area (Å²) in [4.78, 5) is 25.3. The van der Waals surface area contributed by atoms with Gasteiger partial charge in [0.2, 0.25) is 5.91 Å². The first-order chi connectivity index (χ1) is 13.4. The lowest BCUT2D eigenvalue weighted by atomic mass is 9.94. The Morgan fingerprint density at radius 3 is 2.18 bits per heavy atom. The highest BCUT2D eigenvalue weighted by molar-refractivity contribution is 5.79. The van der Waals surface area contributed by atoms with Crippen LogP contribution in [0.25, 0.3) is 0 Å². The van der Waals surface area contributed by atoms with E-state index in [1.54, 1.807) is 18.2 Å². The first-order valence-corrected chi connectivity index (χ1v) is 9.10. The van der Waals surface area contributed by atoms with Crippen molar-refractivity contribution >= 4 is 17.9 Å². The van der Waals surface area contributed by atoms with Crippen LogP contribution in [-0.2, 0) is 4.79 Å². The number of anilines is 1. The zero-order chi connectivity index (χ0) is 20.1. The van der Waals surface area contributed by atoms with Crippen molar-refractivity contribution in [1.29, 1.82) is 0 Å². The Labute approximate surface area is 161 Å². The van der Waals surface area contributed by atoms with E-state index in [2.05, 4.69) is 10.2 Å². The minimum Gasteiger partial charge on any atom is -0.371 e. The van der Waals surface area contributed by atoms with Crippen molar-refractivity contribution in [1.82, 2.24) is 5.32 Å². The molecule has 1 saturated heterocycles. The number of nitrogens with zero attached hydrogens (tertiary/aromatic N) is 1. The largest absolute Gasteiger partial charge is 0.412 e. The normalized spacial score (nSPS) is 16.5. The SMILES string of the molecule is O=Cc1ccc(N2CCC(C(=O)N[C@H](c3ccccc3)C(F)(F)F)CC2)cc1. The molecule has 1 aliphatic rings. The number of carbonyl (C=O) groups excluding carboxylic acids is 2. The van der Waals surface area contributed by atoms with Gasteiger partial charge < -0.3 is 10.2 Å². The zero-order valence-electron chi connectivity index (χ0n) is 15.2. The number of alkyl halides is 3. The molecular formula is C21H21F3N2O2. The van der Waals surface area contributed by atoms with Gasteiger partial charge in [-0.1, -0.05) is 30.3 Å². The minimum atomic E-state index is -4.56. The molecule has 28 heavy (non-hydrogen) atoms. The van der Waals surface area contributed by atoms with Crippen LogP contribution in [0.1, 0.15) is 34.8 Å². The second-order valence-corrected chi connectivity index (χ2v) is 6.86. The Kier molecular flexibility index (Phi) is 6.02. The summed E-state index contributed by atoms with van der Waals surface area (Å²) in [6.45, 7) is 1.14. The third kappa shape index (κ3) is 4.71. The van der Waals surface area contributed by atoms with Crippen LogP contribution in [0.3, 0.4) is 0 Å². The summed E-state index contributed by atoms with van der Waals surface area (Å²) >= 11 is 0. The summed E-state index contributed by atoms with van der Waals surface area (Å²) in [5.74, 6) is -1.03. The summed E-state index contributed by atoms with van der Waals surface area (Å²) in [5.41, 5.74) is 1.54. The molecule has 1 amide bonds. The molecule has 0 bridgehead atoms. The predicted octanol–water partition coefficient (Wildman–Crippen LogP) is 4.14. The van der Waals surface area contributed by atoms with Gasteiger partial charge in [-0.3, -0.25) is 9.59 Å². The van der Waals surface area contributed by atoms with Crippen molar-refractivity contribution in [2.24, 2.45) is 5.92 Å². The fraction of sp³-hybridized carbons (Fsp3) is 0.333. The monoisotopic (exact) mass is 390 g/mol. The fourth-order valence-corrected chi connectivity index (χ4v) is 3.42. The van der Waals surface area contributed by atoms with Crippen molar-refractivity contribution < 1.29 is 22.8 Å². The third-order valence-electron chi connectivity index (χ3n) is 5.01. The molecule has 148 valence electrons. The number of hydrogen-bond donors (Lipinski definition) is 1. The quantitative estimate of drug-likeness (QED) is 0.781. The molecule has 1 atom stereocenters. The fourth-order valence-electron chi connectivity index (χ4n) is 3.42. The Bertz CT molecular complexity index is 799. The standard InChI is InChI=1S/C21H21F3N2O2/c22-21(23,24)19(16-4-2-1-3-5-16)25-20(28)17-10-12-26(13-11-17)18-8-6-15(14-27)7-9-18/h1-9,14,17,19H,10-13H2,(H,25,28)/t19-/m1/s1. The molecule has 1 aliphatic heterocycles. The molecule has 2 aromatic rings. The van der Waals surface area contributed by atoms with Gasteiger partial charge >= 0.3 is 6.18 Å². The predicted molar refractivity (Wildman–Crippen MR) is 100 cm³/mol. The first kappa shape index (κ1) is 19.9. The van der Waals surface area contributed by atoms with E-state index >= 15 is 0 Å². The number of nitrogens with one attached hydrogen (secondary N) is 1. The van der Waals surface area contributed by atoms with Crippen molar-refractivity contribution in [3.05, 3.63) is 65.7 Å². The summed E-state index contributed by atoms with van der Waals surface area (Å²) in [6, 6.07) is 12.5. The van der Waals surface area contributed by atoms with Crippen LogP contribution in [-0.4, -0.2) is 31.5 Å². The van der Waals surface area contributed by atoms with E-state index in [1.807, 2.05) is 12.1 Å². The van der Waals surface area contributed by atoms with Crippen LogP contribution in [0, 0.1) is 5.92 Å². The van der Waals surface area contributed by atoms with E-state index in [9.17, 15) is 22.8 Å². The molecule has 2 aromatic carbocycles. The van der Waals surface area contributed by atoms with Crippen LogP contribution in [0.2, 0.25) is 0 Å². The second-order valence-electron chi connectivity index (χ2n) is 6.86. The van der Waals surface area contributed by atoms with Gasteiger partial charge in [-0.15, -0.1) is 0 Å². The third-order valence-corrected chi connectivity index (χ3v) is 5.01. The Morgan fingerprint density at radius 2 is 1.64 bits per heavy atom. The average Bonchev–Trinajstić information content (AvgIpc) is 2.72. The van der Waals surface area contributed by atoms with Crippen molar-refractivity contribution in [3.63, 3.8) is 0 Å². The molecular weight excluding hydrogens is 369 g/mol. The summed E-state index contributed by atoms with van der Waals surface area (Å²) in [5, 5.41) is 2.19. The number of aldehydes is 1. The van der Waals surface area contributed by atoms with Crippen LogP contribution in [0.5, 0.6) is 0 Å². The van der Waals surface area contributed by atoms with Gasteiger partial charge in [-0.05, 0) is 42.7 Å². The van der Waals surface area contributed by atoms with Crippen molar-refractivity contribution in [2.75, 3.05) is 18.0 Å². The number of carbonyl (C=O) groups is 2. The van der Waals surface area contributed by atoms with Gasteiger partial charge in [0.05, 0.1) is 0 Å². The molecule has 1 heterocycles. The van der Waals surface area contributed by atoms with E-state index in [0.717, 1.165) is 12.0 Å². The smallest absolute Gasteiger partial charge is 0.371 e. The number of rotatable bonds is 5. The summed E-state index contributed by atoms with van der Waals surface area (Å²) in [7, 11) is 0. The van der Waals surface area contributed by atoms with Crippen LogP contribution < -0.4 is 10.2 Å². The van der Waals surface area contributed by atoms with Crippen LogP contribution in [0.4, 0.5) is 18.9 Å². The molecule has 7 heteroatoms. The Balaban J connectivity index is 1.61. The average molecular weight is 390 g/mol. The molecule has 0 radical (unpaired) electrons. The molecule has 0 saturated carbocycles. The minimum absolute atomic E-state index is 0.0241. The summed E-state index contributed by atoms with van der Waals surface area (Å²) in [6.07, 6.45) is -2.84. The molecule has 0 aliphatic carbocycles. The van der Waals surface area contributed by atoms with E-state index in [-0.39, 0.29) is 5.56 Å². The van der Waals surface area contributed by atoms with E-state index in [0.29, 0.717) is 31.5 Å². The lowest BCUT2D eigenvalue weighted by Crippen LogP contribution is -2.44. The molecule has 0 aromatic heterocycles. The molecule has 0 unspecified atom stereocenters. The van der Waals surface area contributed by atoms with E-state index in [4.69, 9.17) is 0 Å². The Hall–Kier alpha value is -2.83. The molecule has 3 rings (SSSR count). The number of piperidine rings is 1. The van der Waals surface area contributed by atoms with Gasteiger partial charge in [-0.2, -0.15) is 13.2 Å². The summed E-state index contributed by atoms with van der Waals surface area (Å²) < 4.78 is 40.3. The highest BCUT2D eigenvalue weighted by atomic mass is 19.4. The number of benzene rings is 2. The van der Waals surface area contributed by atoms with Crippen molar-refractivity contribution in [2.45, 2.75) is 25.1 Å². The second kappa shape index (κ2) is 8.46. The molecule has 4 nitrogen and oxygen atoms in total. The highest BCUT2D eigenvalue weighted by Gasteiger charge is 2.42. The van der Waals surface area contributed by atoms with Gasteiger partial charge in [0.1, 0.15) is 6.29 Å². The lowest BCUT2D eigenvalue weighted by molar-refractivity contribution is -0.164. The molecule has 0 spiro atoms. The van der Waals surface area contributed by atoms with E-state index in [1.165, 1.54) is 24.3 Å². The maximum Gasteiger partial charge on any atom is 0.412 e. The van der Waals surface area contributed by atoms with Crippen LogP contribution in [0.15, 0.2) is 54.6 Å². The molecule has 1 N–H and O–H groups in total. The van der Waals surface area contributed by atoms with Crippen LogP contribution >= 0.6 is 0 Å². The van der Waals surface area contributed by atoms with Gasteiger partial charge in [0.25, 0.3) is 0 Å². The number of halogens is 3. The zero-order valence-corrected chi connectivity index (χ0v) is 15.2. The highest BCUT2D eigenvalue weighted by Crippen LogP contribution is 2.33. The topological polar surface area (TPSA) is 49.4 Å². The van der Waals surface area contributed by atoms with Gasteiger partial charge in [0.15, 0.2) is 6.04 Å². The van der Waals surface area contributed by atoms with Gasteiger partial charge in [-0.25, -0.2) is 0 Å². The number of hydrogen-bond acceptors (Lipinski definition) is 3. The molecule has 1 fully saturated rings. The lowest BCUT2D eigenvalue weighted by Gasteiger charge is -2.34. The van der Waals surface area contributed by atoms with Gasteiger partial charge in [0, 0.05) is 30.3 Å². The van der Waals surface area contributed by atoms with Crippen molar-refractivity contribution in [3.8, 4) is 0 Å². The number of amides is 1. The maximum atomic E-state index is 13.4. The maximum absolute atomic E-state index is 13.4.